The molecule has 0 aliphatic carbocycles. The van der Waals surface area contributed by atoms with E-state index in [1.807, 2.05) is 12.3 Å². The molecule has 2 rings (SSSR count). The second-order valence-corrected chi connectivity index (χ2v) is 6.28. The molecule has 18 heavy (non-hydrogen) atoms. The highest BCUT2D eigenvalue weighted by Gasteiger charge is 2.31. The van der Waals surface area contributed by atoms with Gasteiger partial charge in [0.05, 0.1) is 0 Å². The highest BCUT2D eigenvalue weighted by atomic mass is 15.2. The minimum absolute atomic E-state index is 0.414. The van der Waals surface area contributed by atoms with Crippen molar-refractivity contribution in [2.45, 2.75) is 33.7 Å². The lowest BCUT2D eigenvalue weighted by atomic mass is 9.80. The van der Waals surface area contributed by atoms with Crippen molar-refractivity contribution in [1.82, 2.24) is 9.88 Å². The minimum Gasteiger partial charge on any atom is -0.308 e. The number of nitrogens with zero attached hydrogens (tertiary/aromatic N) is 2. The smallest absolute Gasteiger partial charge is 0.140 e. The van der Waals surface area contributed by atoms with Gasteiger partial charge in [-0.3, -0.25) is 4.90 Å². The Bertz CT molecular complexity index is 397. The van der Waals surface area contributed by atoms with Gasteiger partial charge in [0.2, 0.25) is 0 Å². The van der Waals surface area contributed by atoms with Crippen molar-refractivity contribution in [2.24, 2.45) is 17.2 Å². The van der Waals surface area contributed by atoms with Crippen LogP contribution in [0.2, 0.25) is 0 Å². The molecular formula is C14H24N4. The molecule has 0 amide bonds. The first kappa shape index (κ1) is 13.3. The standard InChI is InChI=1S/C14H24N4/c1-14(2,3)12-5-7-18(10-12)9-11-4-6-16-13(8-11)17-15/h4,6,8,12H,5,7,9-10,15H2,1-3H3,(H,16,17). The van der Waals surface area contributed by atoms with Gasteiger partial charge in [0.1, 0.15) is 5.82 Å². The fourth-order valence-electron chi connectivity index (χ4n) is 2.59. The molecule has 100 valence electrons. The number of rotatable bonds is 3. The molecule has 0 radical (unpaired) electrons. The summed E-state index contributed by atoms with van der Waals surface area (Å²) in [6, 6.07) is 4.08. The molecule has 1 unspecified atom stereocenters. The summed E-state index contributed by atoms with van der Waals surface area (Å²) in [5.41, 5.74) is 4.28. The quantitative estimate of drug-likeness (QED) is 0.636. The van der Waals surface area contributed by atoms with Crippen molar-refractivity contribution < 1.29 is 0 Å². The largest absolute Gasteiger partial charge is 0.308 e. The third-order valence-corrected chi connectivity index (χ3v) is 3.88. The zero-order valence-electron chi connectivity index (χ0n) is 11.6. The van der Waals surface area contributed by atoms with Gasteiger partial charge in [-0.1, -0.05) is 20.8 Å². The van der Waals surface area contributed by atoms with Crippen LogP contribution in [-0.2, 0) is 6.54 Å². The molecule has 1 aliphatic heterocycles. The number of nitrogens with one attached hydrogen (secondary N) is 1. The number of hydrazine groups is 1. The summed E-state index contributed by atoms with van der Waals surface area (Å²) in [7, 11) is 0. The highest BCUT2D eigenvalue weighted by molar-refractivity contribution is 5.35. The van der Waals surface area contributed by atoms with Crippen molar-refractivity contribution in [3.05, 3.63) is 23.9 Å². The molecule has 1 saturated heterocycles. The number of hydrogen-bond acceptors (Lipinski definition) is 4. The predicted molar refractivity (Wildman–Crippen MR) is 74.9 cm³/mol. The van der Waals surface area contributed by atoms with Crippen LogP contribution in [0.5, 0.6) is 0 Å². The number of aromatic nitrogens is 1. The summed E-state index contributed by atoms with van der Waals surface area (Å²) in [5.74, 6) is 6.91. The fraction of sp³-hybridized carbons (Fsp3) is 0.643. The fourth-order valence-corrected chi connectivity index (χ4v) is 2.59. The average Bonchev–Trinajstić information content (AvgIpc) is 2.77. The van der Waals surface area contributed by atoms with Gasteiger partial charge in [-0.2, -0.15) is 0 Å². The second kappa shape index (κ2) is 5.24. The molecule has 4 heteroatoms. The monoisotopic (exact) mass is 248 g/mol. The Morgan fingerprint density at radius 2 is 2.28 bits per heavy atom. The van der Waals surface area contributed by atoms with Crippen LogP contribution in [0.1, 0.15) is 32.8 Å². The van der Waals surface area contributed by atoms with Gasteiger partial charge >= 0.3 is 0 Å². The van der Waals surface area contributed by atoms with Crippen LogP contribution >= 0.6 is 0 Å². The lowest BCUT2D eigenvalue weighted by Crippen LogP contribution is -2.25. The normalized spacial score (nSPS) is 21.2. The molecule has 0 aromatic carbocycles. The number of nitrogen functional groups attached to an aromatic ring is 1. The zero-order chi connectivity index (χ0) is 13.2. The van der Waals surface area contributed by atoms with E-state index in [0.29, 0.717) is 5.41 Å². The molecule has 0 spiro atoms. The van der Waals surface area contributed by atoms with Gasteiger partial charge in [-0.15, -0.1) is 0 Å². The van der Waals surface area contributed by atoms with Gasteiger partial charge in [0.15, 0.2) is 0 Å². The van der Waals surface area contributed by atoms with Gasteiger partial charge in [0.25, 0.3) is 0 Å². The Labute approximate surface area is 110 Å². The first-order valence-electron chi connectivity index (χ1n) is 6.63. The van der Waals surface area contributed by atoms with Crippen LogP contribution in [0, 0.1) is 11.3 Å². The van der Waals surface area contributed by atoms with Gasteiger partial charge in [-0.05, 0) is 42.0 Å². The first-order chi connectivity index (χ1) is 8.49. The van der Waals surface area contributed by atoms with Crippen LogP contribution in [0.15, 0.2) is 18.3 Å². The van der Waals surface area contributed by atoms with Crippen molar-refractivity contribution in [1.29, 1.82) is 0 Å². The molecule has 1 aromatic heterocycles. The van der Waals surface area contributed by atoms with Crippen LogP contribution < -0.4 is 11.3 Å². The van der Waals surface area contributed by atoms with E-state index in [1.165, 1.54) is 25.1 Å². The molecule has 1 atom stereocenters. The van der Waals surface area contributed by atoms with E-state index in [1.54, 1.807) is 0 Å². The molecular weight excluding hydrogens is 224 g/mol. The SMILES string of the molecule is CC(C)(C)C1CCN(Cc2ccnc(NN)c2)C1. The van der Waals surface area contributed by atoms with Crippen molar-refractivity contribution in [3.63, 3.8) is 0 Å². The van der Waals surface area contributed by atoms with E-state index >= 15 is 0 Å². The molecule has 1 aromatic rings. The summed E-state index contributed by atoms with van der Waals surface area (Å²) < 4.78 is 0. The summed E-state index contributed by atoms with van der Waals surface area (Å²) in [6.07, 6.45) is 3.11. The molecule has 0 saturated carbocycles. The van der Waals surface area contributed by atoms with E-state index in [2.05, 4.69) is 42.1 Å². The summed E-state index contributed by atoms with van der Waals surface area (Å²) in [4.78, 5) is 6.65. The Hall–Kier alpha value is -1.13. The topological polar surface area (TPSA) is 54.2 Å². The van der Waals surface area contributed by atoms with E-state index in [4.69, 9.17) is 5.84 Å². The van der Waals surface area contributed by atoms with E-state index in [-0.39, 0.29) is 0 Å². The third kappa shape index (κ3) is 3.21. The Balaban J connectivity index is 1.95. The zero-order valence-corrected chi connectivity index (χ0v) is 11.6. The van der Waals surface area contributed by atoms with Crippen LogP contribution in [-0.4, -0.2) is 23.0 Å². The maximum Gasteiger partial charge on any atom is 0.140 e. The lowest BCUT2D eigenvalue weighted by molar-refractivity contribution is 0.226. The maximum atomic E-state index is 5.38. The van der Waals surface area contributed by atoms with Crippen LogP contribution in [0.3, 0.4) is 0 Å². The minimum atomic E-state index is 0.414. The first-order valence-corrected chi connectivity index (χ1v) is 6.63. The Morgan fingerprint density at radius 3 is 2.89 bits per heavy atom. The molecule has 0 bridgehead atoms. The second-order valence-electron chi connectivity index (χ2n) is 6.28. The highest BCUT2D eigenvalue weighted by Crippen LogP contribution is 2.34. The summed E-state index contributed by atoms with van der Waals surface area (Å²) in [5, 5.41) is 0. The maximum absolute atomic E-state index is 5.38. The van der Waals surface area contributed by atoms with Crippen molar-refractivity contribution in [3.8, 4) is 0 Å². The van der Waals surface area contributed by atoms with E-state index < -0.39 is 0 Å². The van der Waals surface area contributed by atoms with E-state index in [9.17, 15) is 0 Å². The number of hydrogen-bond donors (Lipinski definition) is 2. The summed E-state index contributed by atoms with van der Waals surface area (Å²) in [6.45, 7) is 10.4. The van der Waals surface area contributed by atoms with E-state index in [0.717, 1.165) is 18.3 Å². The van der Waals surface area contributed by atoms with Crippen molar-refractivity contribution in [2.75, 3.05) is 18.5 Å². The number of anilines is 1. The lowest BCUT2D eigenvalue weighted by Gasteiger charge is -2.27. The molecule has 1 fully saturated rings. The Morgan fingerprint density at radius 1 is 1.50 bits per heavy atom. The molecule has 2 heterocycles. The Kier molecular flexibility index (Phi) is 3.88. The van der Waals surface area contributed by atoms with Gasteiger partial charge in [-0.25, -0.2) is 10.8 Å². The van der Waals surface area contributed by atoms with Crippen molar-refractivity contribution >= 4 is 5.82 Å². The summed E-state index contributed by atoms with van der Waals surface area (Å²) >= 11 is 0. The number of pyridine rings is 1. The third-order valence-electron chi connectivity index (χ3n) is 3.88. The van der Waals surface area contributed by atoms with Gasteiger partial charge < -0.3 is 5.43 Å². The molecule has 1 aliphatic rings. The molecule has 4 nitrogen and oxygen atoms in total. The average molecular weight is 248 g/mol. The van der Waals surface area contributed by atoms with Crippen LogP contribution in [0.4, 0.5) is 5.82 Å². The number of nitrogens with two attached hydrogens (primary N) is 1. The predicted octanol–water partition coefficient (Wildman–Crippen LogP) is 2.24. The van der Waals surface area contributed by atoms with Gasteiger partial charge in [0, 0.05) is 19.3 Å². The molecule has 3 N–H and O–H groups in total. The van der Waals surface area contributed by atoms with Crippen LogP contribution in [0.25, 0.3) is 0 Å². The number of likely N-dealkylation sites (tertiary alicyclic amines) is 1.